The van der Waals surface area contributed by atoms with Crippen molar-refractivity contribution in [3.63, 3.8) is 0 Å². The van der Waals surface area contributed by atoms with Gasteiger partial charge in [0.15, 0.2) is 0 Å². The lowest BCUT2D eigenvalue weighted by Gasteiger charge is -2.29. The van der Waals surface area contributed by atoms with Crippen LogP contribution in [0.2, 0.25) is 0 Å². The maximum atomic E-state index is 4.35. The van der Waals surface area contributed by atoms with Crippen LogP contribution in [-0.2, 0) is 0 Å². The second-order valence-corrected chi connectivity index (χ2v) is 18.6. The van der Waals surface area contributed by atoms with Crippen LogP contribution in [0.25, 0.3) is 115 Å². The number of aromatic nitrogens is 3. The van der Waals surface area contributed by atoms with Gasteiger partial charge in [-0.1, -0.05) is 164 Å². The van der Waals surface area contributed by atoms with Crippen molar-refractivity contribution in [1.82, 2.24) is 14.5 Å². The molecule has 0 aliphatic heterocycles. The summed E-state index contributed by atoms with van der Waals surface area (Å²) in [4.78, 5) is 11.2. The largest absolute Gasteiger partial charge is 0.310 e. The first kappa shape index (κ1) is 41.3. The average molecular weight is 917 g/mol. The summed E-state index contributed by atoms with van der Waals surface area (Å²) >= 11 is 0. The molecule has 11 aromatic carbocycles. The Morgan fingerprint density at radius 2 is 0.819 bits per heavy atom. The van der Waals surface area contributed by atoms with Gasteiger partial charge in [-0.15, -0.1) is 0 Å². The van der Waals surface area contributed by atoms with Crippen molar-refractivity contribution in [2.45, 2.75) is 0 Å². The molecule has 0 spiro atoms. The van der Waals surface area contributed by atoms with Gasteiger partial charge < -0.3 is 9.47 Å². The van der Waals surface area contributed by atoms with Crippen LogP contribution in [0.5, 0.6) is 0 Å². The van der Waals surface area contributed by atoms with Crippen molar-refractivity contribution >= 4 is 82.0 Å². The number of nitrogens with zero attached hydrogens (tertiary/aromatic N) is 4. The third-order valence-corrected chi connectivity index (χ3v) is 14.5. The highest BCUT2D eigenvalue weighted by Gasteiger charge is 2.24. The average Bonchev–Trinajstić information content (AvgIpc) is 3.78. The van der Waals surface area contributed by atoms with Gasteiger partial charge in [-0.05, 0) is 150 Å². The van der Waals surface area contributed by atoms with E-state index in [2.05, 4.69) is 262 Å². The predicted molar refractivity (Wildman–Crippen MR) is 303 cm³/mol. The Bertz CT molecular complexity index is 4370. The highest BCUT2D eigenvalue weighted by molar-refractivity contribution is 6.25. The second-order valence-electron chi connectivity index (χ2n) is 18.6. The van der Waals surface area contributed by atoms with Gasteiger partial charge in [-0.25, -0.2) is 0 Å². The minimum absolute atomic E-state index is 1.08. The van der Waals surface area contributed by atoms with Crippen molar-refractivity contribution in [3.8, 4) is 50.2 Å². The molecule has 336 valence electrons. The lowest BCUT2D eigenvalue weighted by Crippen LogP contribution is -2.11. The van der Waals surface area contributed by atoms with E-state index in [0.29, 0.717) is 0 Å². The molecule has 0 aliphatic rings. The highest BCUT2D eigenvalue weighted by Crippen LogP contribution is 2.50. The molecule has 4 heteroatoms. The van der Waals surface area contributed by atoms with Crippen LogP contribution in [0.1, 0.15) is 0 Å². The van der Waals surface area contributed by atoms with E-state index in [0.717, 1.165) is 44.6 Å². The van der Waals surface area contributed by atoms with Gasteiger partial charge >= 0.3 is 0 Å². The van der Waals surface area contributed by atoms with Gasteiger partial charge in [0.25, 0.3) is 0 Å². The SMILES string of the molecule is c1ccc(N(c2ccc3c(c2)c2ccccc2n3-c2ccccc2)c2cccc3c(-c4ccc(-c5ccc6cnccc6c5)cc4)c4ccccc4c(-c4ccc(-c5ccc6cnccc6c5)cc4)c23)cc1. The third-order valence-electron chi connectivity index (χ3n) is 14.5. The van der Waals surface area contributed by atoms with Crippen LogP contribution in [-0.4, -0.2) is 14.5 Å². The number of anilines is 3. The van der Waals surface area contributed by atoms with E-state index in [1.807, 2.05) is 24.8 Å². The molecule has 0 unspecified atom stereocenters. The van der Waals surface area contributed by atoms with Gasteiger partial charge in [0, 0.05) is 68.8 Å². The summed E-state index contributed by atoms with van der Waals surface area (Å²) in [5, 5.41) is 11.8. The standard InChI is InChI=1S/C68H44N4/c1-3-12-55(13-4-1)71(57-34-35-64-62(42-57)58-16-9-10-20-63(58)72(64)56-14-5-2-6-15-56)65-21-11-19-61-66(47-26-22-45(23-27-47)49-30-32-53-43-69-38-36-51(53)40-49)59-17-7-8-18-60(59)67(68(61)65)48-28-24-46(25-29-48)50-31-33-54-44-70-39-37-52(54)41-50/h1-44H. The van der Waals surface area contributed by atoms with E-state index < -0.39 is 0 Å². The number of para-hydroxylation sites is 3. The predicted octanol–water partition coefficient (Wildman–Crippen LogP) is 18.3. The van der Waals surface area contributed by atoms with E-state index in [4.69, 9.17) is 0 Å². The minimum Gasteiger partial charge on any atom is -0.310 e. The summed E-state index contributed by atoms with van der Waals surface area (Å²) < 4.78 is 2.39. The maximum Gasteiger partial charge on any atom is 0.0546 e. The molecule has 0 bridgehead atoms. The fourth-order valence-corrected chi connectivity index (χ4v) is 11.2. The molecule has 0 fully saturated rings. The molecule has 0 atom stereocenters. The van der Waals surface area contributed by atoms with Gasteiger partial charge in [0.2, 0.25) is 0 Å². The zero-order valence-electron chi connectivity index (χ0n) is 39.2. The Labute approximate surface area is 417 Å². The summed E-state index contributed by atoms with van der Waals surface area (Å²) in [6.45, 7) is 0. The van der Waals surface area contributed by atoms with E-state index in [9.17, 15) is 0 Å². The quantitative estimate of drug-likeness (QED) is 0.142. The Morgan fingerprint density at radius 1 is 0.306 bits per heavy atom. The van der Waals surface area contributed by atoms with E-state index in [1.54, 1.807) is 0 Å². The molecular formula is C68H44N4. The first-order chi connectivity index (χ1) is 35.7. The zero-order chi connectivity index (χ0) is 47.5. The Kier molecular flexibility index (Phi) is 9.82. The molecule has 0 saturated heterocycles. The lowest BCUT2D eigenvalue weighted by molar-refractivity contribution is 1.18. The number of rotatable bonds is 8. The fourth-order valence-electron chi connectivity index (χ4n) is 11.2. The Morgan fingerprint density at radius 3 is 1.47 bits per heavy atom. The third kappa shape index (κ3) is 6.92. The first-order valence-electron chi connectivity index (χ1n) is 24.5. The molecule has 0 amide bonds. The first-order valence-corrected chi connectivity index (χ1v) is 24.5. The van der Waals surface area contributed by atoms with Crippen molar-refractivity contribution in [2.24, 2.45) is 0 Å². The van der Waals surface area contributed by atoms with Crippen molar-refractivity contribution in [1.29, 1.82) is 0 Å². The molecule has 14 rings (SSSR count). The van der Waals surface area contributed by atoms with Gasteiger partial charge in [0.05, 0.1) is 16.7 Å². The molecule has 72 heavy (non-hydrogen) atoms. The number of hydrogen-bond acceptors (Lipinski definition) is 3. The van der Waals surface area contributed by atoms with Crippen LogP contribution < -0.4 is 4.90 Å². The zero-order valence-corrected chi connectivity index (χ0v) is 39.2. The van der Waals surface area contributed by atoms with Crippen LogP contribution in [0, 0.1) is 0 Å². The second kappa shape index (κ2) is 17.1. The summed E-state index contributed by atoms with van der Waals surface area (Å²) in [7, 11) is 0. The number of benzene rings is 11. The van der Waals surface area contributed by atoms with Crippen molar-refractivity contribution < 1.29 is 0 Å². The topological polar surface area (TPSA) is 34.0 Å². The van der Waals surface area contributed by atoms with Crippen LogP contribution in [0.15, 0.2) is 267 Å². The summed E-state index contributed by atoms with van der Waals surface area (Å²) in [6, 6.07) is 88.9. The molecule has 14 aromatic rings. The molecule has 4 nitrogen and oxygen atoms in total. The van der Waals surface area contributed by atoms with Crippen LogP contribution in [0.4, 0.5) is 17.1 Å². The monoisotopic (exact) mass is 916 g/mol. The molecule has 0 radical (unpaired) electrons. The van der Waals surface area contributed by atoms with Crippen molar-refractivity contribution in [2.75, 3.05) is 4.90 Å². The smallest absolute Gasteiger partial charge is 0.0546 e. The minimum atomic E-state index is 1.08. The van der Waals surface area contributed by atoms with E-state index in [-0.39, 0.29) is 0 Å². The Balaban J connectivity index is 1.02. The molecule has 0 aliphatic carbocycles. The van der Waals surface area contributed by atoms with Crippen LogP contribution in [0.3, 0.4) is 0 Å². The van der Waals surface area contributed by atoms with E-state index in [1.165, 1.54) is 87.5 Å². The molecule has 0 N–H and O–H groups in total. The normalized spacial score (nSPS) is 11.6. The number of pyridine rings is 2. The van der Waals surface area contributed by atoms with Crippen LogP contribution >= 0.6 is 0 Å². The molecule has 3 aromatic heterocycles. The summed E-state index contributed by atoms with van der Waals surface area (Å²) in [5.74, 6) is 0. The van der Waals surface area contributed by atoms with E-state index >= 15 is 0 Å². The maximum absolute atomic E-state index is 4.35. The molecular weight excluding hydrogens is 873 g/mol. The lowest BCUT2D eigenvalue weighted by atomic mass is 9.84. The van der Waals surface area contributed by atoms with Gasteiger partial charge in [-0.3, -0.25) is 9.97 Å². The fraction of sp³-hybridized carbons (Fsp3) is 0. The number of hydrogen-bond donors (Lipinski definition) is 0. The van der Waals surface area contributed by atoms with Crippen molar-refractivity contribution in [3.05, 3.63) is 267 Å². The molecule has 3 heterocycles. The Hall–Kier alpha value is -9.64. The molecule has 0 saturated carbocycles. The van der Waals surface area contributed by atoms with Gasteiger partial charge in [0.1, 0.15) is 0 Å². The van der Waals surface area contributed by atoms with Gasteiger partial charge in [-0.2, -0.15) is 0 Å². The highest BCUT2D eigenvalue weighted by atomic mass is 15.1. The number of fused-ring (bicyclic) bond motifs is 7. The summed E-state index contributed by atoms with van der Waals surface area (Å²) in [5.41, 5.74) is 16.2. The summed E-state index contributed by atoms with van der Waals surface area (Å²) in [6.07, 6.45) is 7.58.